The number of hydrogen-bond donors (Lipinski definition) is 3. The minimum atomic E-state index is -4.49. The number of methoxy groups -OCH3 is 1. The lowest BCUT2D eigenvalue weighted by Crippen LogP contribution is -2.55. The second kappa shape index (κ2) is 12.6. The fraction of sp³-hybridized carbons (Fsp3) is 0.481. The average Bonchev–Trinajstić information content (AvgIpc) is 3.71. The first kappa shape index (κ1) is 27.9. The molecule has 0 aromatic heterocycles. The Kier molecular flexibility index (Phi) is 9.24. The standard InChI is InChI=1S/C27H33F3N4O4/c1-37-21-8-4-18(5-9-21)22-16-23(22)32-11-10-31-17-24(26(36)34-12-14-38-15-13-34)33-25(35)19-2-6-20(7-3-19)27(28,29)30/h2-9,22-24,31-32H,10-17H2,1H3,(H,33,35)/t22-,23?,24-/m0/s1. The van der Waals surface area contributed by atoms with E-state index in [-0.39, 0.29) is 18.0 Å². The Labute approximate surface area is 219 Å². The molecule has 1 saturated heterocycles. The highest BCUT2D eigenvalue weighted by molar-refractivity contribution is 5.97. The Morgan fingerprint density at radius 3 is 2.37 bits per heavy atom. The van der Waals surface area contributed by atoms with Gasteiger partial charge in [0.25, 0.3) is 5.91 Å². The zero-order chi connectivity index (χ0) is 27.1. The maximum absolute atomic E-state index is 13.1. The lowest BCUT2D eigenvalue weighted by atomic mass is 10.1. The SMILES string of the molecule is COc1ccc([C@@H]2CC2NCCNC[C@H](NC(=O)c2ccc(C(F)(F)F)cc2)C(=O)N2CCOCC2)cc1. The summed E-state index contributed by atoms with van der Waals surface area (Å²) in [6, 6.07) is 11.5. The Morgan fingerprint density at radius 2 is 1.74 bits per heavy atom. The first-order valence-corrected chi connectivity index (χ1v) is 12.7. The molecular weight excluding hydrogens is 501 g/mol. The van der Waals surface area contributed by atoms with Crippen LogP contribution in [0.15, 0.2) is 48.5 Å². The Morgan fingerprint density at radius 1 is 1.05 bits per heavy atom. The number of hydrogen-bond acceptors (Lipinski definition) is 6. The smallest absolute Gasteiger partial charge is 0.416 e. The molecule has 2 aromatic carbocycles. The van der Waals surface area contributed by atoms with Crippen LogP contribution in [0.2, 0.25) is 0 Å². The minimum absolute atomic E-state index is 0.0535. The van der Waals surface area contributed by atoms with Crippen molar-refractivity contribution in [2.45, 2.75) is 30.6 Å². The molecular formula is C27H33F3N4O4. The van der Waals surface area contributed by atoms with Gasteiger partial charge in [0, 0.05) is 50.2 Å². The molecule has 38 heavy (non-hydrogen) atoms. The molecule has 2 fully saturated rings. The summed E-state index contributed by atoms with van der Waals surface area (Å²) in [7, 11) is 1.64. The molecule has 1 saturated carbocycles. The van der Waals surface area contributed by atoms with Crippen LogP contribution in [-0.2, 0) is 15.7 Å². The maximum atomic E-state index is 13.1. The number of carbonyl (C=O) groups excluding carboxylic acids is 2. The summed E-state index contributed by atoms with van der Waals surface area (Å²) < 4.78 is 49.1. The molecule has 2 amide bonds. The summed E-state index contributed by atoms with van der Waals surface area (Å²) >= 11 is 0. The number of morpholine rings is 1. The number of benzene rings is 2. The van der Waals surface area contributed by atoms with Gasteiger partial charge in [-0.25, -0.2) is 0 Å². The van der Waals surface area contributed by atoms with Crippen molar-refractivity contribution in [2.75, 3.05) is 53.0 Å². The fourth-order valence-electron chi connectivity index (χ4n) is 4.49. The molecule has 2 aromatic rings. The summed E-state index contributed by atoms with van der Waals surface area (Å²) in [5.41, 5.74) is 0.477. The highest BCUT2D eigenvalue weighted by Gasteiger charge is 2.37. The Hall–Kier alpha value is -3.15. The number of carbonyl (C=O) groups is 2. The molecule has 11 heteroatoms. The van der Waals surface area contributed by atoms with Crippen LogP contribution in [0.5, 0.6) is 5.75 Å². The lowest BCUT2D eigenvalue weighted by molar-refractivity contribution is -0.138. The first-order valence-electron chi connectivity index (χ1n) is 12.7. The van der Waals surface area contributed by atoms with Gasteiger partial charge >= 0.3 is 6.18 Å². The lowest BCUT2D eigenvalue weighted by Gasteiger charge is -2.31. The van der Waals surface area contributed by atoms with E-state index in [1.54, 1.807) is 12.0 Å². The monoisotopic (exact) mass is 534 g/mol. The van der Waals surface area contributed by atoms with Crippen molar-refractivity contribution in [1.29, 1.82) is 0 Å². The summed E-state index contributed by atoms with van der Waals surface area (Å²) in [4.78, 5) is 27.5. The molecule has 3 atom stereocenters. The minimum Gasteiger partial charge on any atom is -0.497 e. The summed E-state index contributed by atoms with van der Waals surface area (Å²) in [5, 5.41) is 9.42. The van der Waals surface area contributed by atoms with Gasteiger partial charge < -0.3 is 30.3 Å². The van der Waals surface area contributed by atoms with E-state index in [1.165, 1.54) is 5.56 Å². The number of ether oxygens (including phenoxy) is 2. The van der Waals surface area contributed by atoms with Gasteiger partial charge in [0.05, 0.1) is 25.9 Å². The van der Waals surface area contributed by atoms with E-state index in [2.05, 4.69) is 28.1 Å². The number of rotatable bonds is 11. The fourth-order valence-corrected chi connectivity index (χ4v) is 4.49. The third-order valence-electron chi connectivity index (χ3n) is 6.79. The molecule has 1 unspecified atom stereocenters. The van der Waals surface area contributed by atoms with Crippen LogP contribution in [0.3, 0.4) is 0 Å². The first-order chi connectivity index (χ1) is 18.3. The van der Waals surface area contributed by atoms with Gasteiger partial charge in [0.1, 0.15) is 11.8 Å². The van der Waals surface area contributed by atoms with Crippen molar-refractivity contribution in [3.8, 4) is 5.75 Å². The molecule has 1 heterocycles. The van der Waals surface area contributed by atoms with E-state index in [0.29, 0.717) is 51.4 Å². The molecule has 2 aliphatic rings. The van der Waals surface area contributed by atoms with Gasteiger partial charge in [-0.2, -0.15) is 13.2 Å². The highest BCUT2D eigenvalue weighted by Crippen LogP contribution is 2.41. The number of halogens is 3. The van der Waals surface area contributed by atoms with Crippen LogP contribution in [0.25, 0.3) is 0 Å². The van der Waals surface area contributed by atoms with E-state index in [9.17, 15) is 22.8 Å². The molecule has 1 aliphatic carbocycles. The molecule has 0 bridgehead atoms. The molecule has 4 rings (SSSR count). The Bertz CT molecular complexity index is 1070. The van der Waals surface area contributed by atoms with Crippen LogP contribution in [0.4, 0.5) is 13.2 Å². The zero-order valence-corrected chi connectivity index (χ0v) is 21.2. The van der Waals surface area contributed by atoms with Gasteiger partial charge in [-0.15, -0.1) is 0 Å². The summed E-state index contributed by atoms with van der Waals surface area (Å²) in [6.45, 7) is 3.12. The topological polar surface area (TPSA) is 91.9 Å². The molecule has 3 N–H and O–H groups in total. The second-order valence-corrected chi connectivity index (χ2v) is 9.42. The largest absolute Gasteiger partial charge is 0.497 e. The van der Waals surface area contributed by atoms with Gasteiger partial charge in [0.15, 0.2) is 0 Å². The normalized spacial score (nSPS) is 20.1. The van der Waals surface area contributed by atoms with Crippen LogP contribution in [0.1, 0.15) is 33.8 Å². The van der Waals surface area contributed by atoms with Crippen LogP contribution in [0, 0.1) is 0 Å². The van der Waals surface area contributed by atoms with E-state index in [4.69, 9.17) is 9.47 Å². The van der Waals surface area contributed by atoms with E-state index >= 15 is 0 Å². The van der Waals surface area contributed by atoms with Crippen molar-refractivity contribution in [3.05, 3.63) is 65.2 Å². The van der Waals surface area contributed by atoms with E-state index < -0.39 is 23.7 Å². The van der Waals surface area contributed by atoms with Crippen molar-refractivity contribution in [2.24, 2.45) is 0 Å². The third-order valence-corrected chi connectivity index (χ3v) is 6.79. The Balaban J connectivity index is 1.27. The highest BCUT2D eigenvalue weighted by atomic mass is 19.4. The summed E-state index contributed by atoms with van der Waals surface area (Å²) in [5.74, 6) is 0.427. The number of amides is 2. The number of nitrogens with zero attached hydrogens (tertiary/aromatic N) is 1. The van der Waals surface area contributed by atoms with E-state index in [1.807, 2.05) is 12.1 Å². The molecule has 206 valence electrons. The summed E-state index contributed by atoms with van der Waals surface area (Å²) in [6.07, 6.45) is -3.44. The molecule has 1 aliphatic heterocycles. The van der Waals surface area contributed by atoms with Crippen LogP contribution >= 0.6 is 0 Å². The maximum Gasteiger partial charge on any atom is 0.416 e. The van der Waals surface area contributed by atoms with Gasteiger partial charge in [0.2, 0.25) is 5.91 Å². The number of alkyl halides is 3. The van der Waals surface area contributed by atoms with Gasteiger partial charge in [-0.1, -0.05) is 12.1 Å². The van der Waals surface area contributed by atoms with Crippen molar-refractivity contribution in [3.63, 3.8) is 0 Å². The second-order valence-electron chi connectivity index (χ2n) is 9.42. The molecule has 0 radical (unpaired) electrons. The molecule has 0 spiro atoms. The quantitative estimate of drug-likeness (QED) is 0.384. The van der Waals surface area contributed by atoms with Crippen molar-refractivity contribution >= 4 is 11.8 Å². The predicted molar refractivity (Wildman–Crippen MR) is 135 cm³/mol. The van der Waals surface area contributed by atoms with Crippen LogP contribution in [-0.4, -0.2) is 81.8 Å². The number of nitrogens with one attached hydrogen (secondary N) is 3. The average molecular weight is 535 g/mol. The van der Waals surface area contributed by atoms with E-state index in [0.717, 1.165) is 36.4 Å². The predicted octanol–water partition coefficient (Wildman–Crippen LogP) is 2.41. The molecule has 8 nitrogen and oxygen atoms in total. The van der Waals surface area contributed by atoms with Crippen LogP contribution < -0.4 is 20.7 Å². The zero-order valence-electron chi connectivity index (χ0n) is 21.2. The van der Waals surface area contributed by atoms with Gasteiger partial charge in [-0.05, 0) is 48.4 Å². The van der Waals surface area contributed by atoms with Gasteiger partial charge in [-0.3, -0.25) is 9.59 Å². The third kappa shape index (κ3) is 7.46. The van der Waals surface area contributed by atoms with Crippen molar-refractivity contribution < 1.29 is 32.2 Å². The van der Waals surface area contributed by atoms with Crippen molar-refractivity contribution in [1.82, 2.24) is 20.9 Å².